The molecule has 0 bridgehead atoms. The molecule has 0 saturated heterocycles. The predicted octanol–water partition coefficient (Wildman–Crippen LogP) is 15.1. The first-order valence-corrected chi connectivity index (χ1v) is 26.1. The van der Waals surface area contributed by atoms with Gasteiger partial charge in [-0.15, -0.1) is 0 Å². The van der Waals surface area contributed by atoms with Crippen molar-refractivity contribution < 1.29 is 37.3 Å². The topological polar surface area (TPSA) is 91.3 Å². The molecule has 0 heterocycles. The minimum absolute atomic E-state index is 0.0483. The summed E-state index contributed by atoms with van der Waals surface area (Å²) in [7, 11) is 1.64. The van der Waals surface area contributed by atoms with Crippen LogP contribution in [0.2, 0.25) is 0 Å². The number of hydrogen-bond donors (Lipinski definition) is 1. The lowest BCUT2D eigenvalue weighted by Crippen LogP contribution is -2.37. The number of phosphoric acid groups is 1. The van der Waals surface area contributed by atoms with Crippen molar-refractivity contribution in [3.05, 3.63) is 24.5 Å². The van der Waals surface area contributed by atoms with E-state index in [-0.39, 0.29) is 25.8 Å². The van der Waals surface area contributed by atoms with Crippen LogP contribution in [0.15, 0.2) is 24.5 Å². The number of nitrogens with zero attached hydrogens (tertiary/aromatic N) is 1. The third-order valence-electron chi connectivity index (χ3n) is 10.8. The van der Waals surface area contributed by atoms with Gasteiger partial charge in [0.1, 0.15) is 19.8 Å². The summed E-state index contributed by atoms with van der Waals surface area (Å²) in [4.78, 5) is 22.9. The average Bonchev–Trinajstić information content (AvgIpc) is 3.18. The molecule has 58 heavy (non-hydrogen) atoms. The number of phosphoric ester groups is 1. The molecule has 0 aliphatic carbocycles. The molecule has 0 saturated carbocycles. The predicted molar refractivity (Wildman–Crippen MR) is 247 cm³/mol. The fourth-order valence-electron chi connectivity index (χ4n) is 6.99. The highest BCUT2D eigenvalue weighted by Gasteiger charge is 2.26. The van der Waals surface area contributed by atoms with Crippen molar-refractivity contribution in [2.75, 3.05) is 47.5 Å². The summed E-state index contributed by atoms with van der Waals surface area (Å²) in [5, 5.41) is 0. The molecule has 1 N–H and O–H groups in total. The second-order valence-electron chi connectivity index (χ2n) is 17.9. The Morgan fingerprint density at radius 3 is 1.33 bits per heavy atom. The van der Waals surface area contributed by atoms with E-state index in [4.69, 9.17) is 18.5 Å². The maximum Gasteiger partial charge on any atom is 0.472 e. The van der Waals surface area contributed by atoms with E-state index in [1.165, 1.54) is 167 Å². The van der Waals surface area contributed by atoms with Gasteiger partial charge in [0, 0.05) is 6.42 Å². The zero-order valence-electron chi connectivity index (χ0n) is 39.0. The minimum Gasteiger partial charge on any atom is -0.498 e. The molecule has 0 fully saturated rings. The minimum atomic E-state index is -4.29. The molecule has 9 heteroatoms. The van der Waals surface area contributed by atoms with Gasteiger partial charge in [0.2, 0.25) is 0 Å². The molecule has 0 aromatic heterocycles. The van der Waals surface area contributed by atoms with Crippen molar-refractivity contribution in [3.8, 4) is 0 Å². The molecule has 2 unspecified atom stereocenters. The number of rotatable bonds is 46. The van der Waals surface area contributed by atoms with Crippen LogP contribution >= 0.6 is 7.82 Å². The van der Waals surface area contributed by atoms with Crippen LogP contribution in [-0.4, -0.2) is 69.0 Å². The number of carbonyl (C=O) groups is 1. The van der Waals surface area contributed by atoms with Crippen molar-refractivity contribution >= 4 is 13.8 Å². The number of carbonyl (C=O) groups excluding carboxylic acids is 1. The molecule has 344 valence electrons. The summed E-state index contributed by atoms with van der Waals surface area (Å²) < 4.78 is 34.8. The van der Waals surface area contributed by atoms with Crippen LogP contribution in [0.3, 0.4) is 0 Å². The Hall–Kier alpha value is -1.18. The smallest absolute Gasteiger partial charge is 0.472 e. The lowest BCUT2D eigenvalue weighted by molar-refractivity contribution is -0.870. The van der Waals surface area contributed by atoms with Gasteiger partial charge in [-0.05, 0) is 51.0 Å². The van der Waals surface area contributed by atoms with E-state index in [0.717, 1.165) is 44.9 Å². The Kier molecular flexibility index (Phi) is 41.6. The van der Waals surface area contributed by atoms with Gasteiger partial charge in [0.25, 0.3) is 0 Å². The summed E-state index contributed by atoms with van der Waals surface area (Å²) in [6.45, 7) is 4.95. The molecular weight excluding hydrogens is 746 g/mol. The molecule has 8 nitrogen and oxygen atoms in total. The zero-order valence-corrected chi connectivity index (χ0v) is 39.9. The number of hydrogen-bond acceptors (Lipinski definition) is 6. The molecule has 0 spiro atoms. The Morgan fingerprint density at radius 2 is 0.914 bits per heavy atom. The van der Waals surface area contributed by atoms with E-state index >= 15 is 0 Å². The Bertz CT molecular complexity index is 983. The van der Waals surface area contributed by atoms with Gasteiger partial charge in [-0.25, -0.2) is 4.57 Å². The number of likely N-dealkylation sites (N-methyl/N-ethyl adjacent to an activating group) is 1. The summed E-state index contributed by atoms with van der Waals surface area (Å²) >= 11 is 0. The van der Waals surface area contributed by atoms with Crippen molar-refractivity contribution in [2.24, 2.45) is 0 Å². The van der Waals surface area contributed by atoms with E-state index in [0.29, 0.717) is 17.4 Å². The van der Waals surface area contributed by atoms with Gasteiger partial charge in [0.15, 0.2) is 6.10 Å². The van der Waals surface area contributed by atoms with Crippen molar-refractivity contribution in [1.29, 1.82) is 0 Å². The zero-order chi connectivity index (χ0) is 42.7. The lowest BCUT2D eigenvalue weighted by Gasteiger charge is -2.24. The second-order valence-corrected chi connectivity index (χ2v) is 19.4. The normalized spacial score (nSPS) is 13.8. The number of unbranched alkanes of at least 4 members (excludes halogenated alkanes) is 30. The van der Waals surface area contributed by atoms with Crippen LogP contribution < -0.4 is 0 Å². The highest BCUT2D eigenvalue weighted by molar-refractivity contribution is 7.47. The molecule has 2 atom stereocenters. The molecule has 0 aromatic carbocycles. The third-order valence-corrected chi connectivity index (χ3v) is 11.8. The first-order chi connectivity index (χ1) is 28.1. The van der Waals surface area contributed by atoms with Crippen molar-refractivity contribution in [2.45, 2.75) is 238 Å². The summed E-state index contributed by atoms with van der Waals surface area (Å²) in [6.07, 6.45) is 50.3. The lowest BCUT2D eigenvalue weighted by atomic mass is 10.0. The van der Waals surface area contributed by atoms with E-state index in [1.807, 2.05) is 27.2 Å². The van der Waals surface area contributed by atoms with Crippen LogP contribution in [0.25, 0.3) is 0 Å². The van der Waals surface area contributed by atoms with Crippen LogP contribution in [-0.2, 0) is 27.9 Å². The molecule has 0 aliphatic rings. The Labute approximate surface area is 360 Å². The highest BCUT2D eigenvalue weighted by Crippen LogP contribution is 2.43. The van der Waals surface area contributed by atoms with Gasteiger partial charge < -0.3 is 18.9 Å². The number of allylic oxidation sites excluding steroid dienone is 3. The quantitative estimate of drug-likeness (QED) is 0.0163. The second kappa shape index (κ2) is 42.5. The Morgan fingerprint density at radius 1 is 0.534 bits per heavy atom. The van der Waals surface area contributed by atoms with Gasteiger partial charge >= 0.3 is 13.8 Å². The van der Waals surface area contributed by atoms with E-state index < -0.39 is 13.9 Å². The van der Waals surface area contributed by atoms with Gasteiger partial charge in [0.05, 0.1) is 34.0 Å². The maximum absolute atomic E-state index is 12.7. The number of esters is 1. The fraction of sp³-hybridized carbons (Fsp3) is 0.898. The number of ether oxygens (including phenoxy) is 2. The molecule has 0 radical (unpaired) electrons. The van der Waals surface area contributed by atoms with Crippen LogP contribution in [0.1, 0.15) is 232 Å². The fourth-order valence-corrected chi connectivity index (χ4v) is 7.73. The number of quaternary nitrogens is 1. The molecular formula is C49H97NO7P+. The highest BCUT2D eigenvalue weighted by atomic mass is 31.2. The van der Waals surface area contributed by atoms with Crippen molar-refractivity contribution in [3.63, 3.8) is 0 Å². The van der Waals surface area contributed by atoms with Crippen LogP contribution in [0.4, 0.5) is 0 Å². The standard InChI is InChI=1S/C49H96NO7P/c1-6-8-10-12-14-16-18-20-22-23-24-25-26-27-29-31-33-35-37-39-41-44-54-46-48(47-56-58(52,53)55-45-43-50(3,4)5)57-49(51)42-40-38-36-34-32-30-28-21-19-17-15-13-11-9-7-2/h21,28,41,44,48H,6-20,22-27,29-40,42-43,45-47H2,1-5H3/p+1/b28-21-,44-41?. The van der Waals surface area contributed by atoms with Gasteiger partial charge in [-0.1, -0.05) is 193 Å². The average molecular weight is 843 g/mol. The molecule has 0 aromatic rings. The van der Waals surface area contributed by atoms with E-state index in [2.05, 4.69) is 26.0 Å². The summed E-state index contributed by atoms with van der Waals surface area (Å²) in [5.74, 6) is -0.341. The first kappa shape index (κ1) is 56.8. The van der Waals surface area contributed by atoms with Gasteiger partial charge in [-0.3, -0.25) is 13.8 Å². The monoisotopic (exact) mass is 843 g/mol. The molecule has 0 rings (SSSR count). The molecule has 0 amide bonds. The first-order valence-electron chi connectivity index (χ1n) is 24.6. The largest absolute Gasteiger partial charge is 0.498 e. The summed E-state index contributed by atoms with van der Waals surface area (Å²) in [6, 6.07) is 0. The van der Waals surface area contributed by atoms with Gasteiger partial charge in [-0.2, -0.15) is 0 Å². The third kappa shape index (κ3) is 45.9. The molecule has 0 aliphatic heterocycles. The SMILES string of the molecule is CCCCCCCC/C=C\CCCCCCCC(=O)OC(COC=CCCCCCCCCCCCCCCCCCCCCC)COP(=O)(O)OCC[N+](C)(C)C. The van der Waals surface area contributed by atoms with Crippen LogP contribution in [0.5, 0.6) is 0 Å². The van der Waals surface area contributed by atoms with Crippen LogP contribution in [0, 0.1) is 0 Å². The maximum atomic E-state index is 12.7. The summed E-state index contributed by atoms with van der Waals surface area (Å²) in [5.41, 5.74) is 0. The van der Waals surface area contributed by atoms with E-state index in [1.54, 1.807) is 6.26 Å². The van der Waals surface area contributed by atoms with E-state index in [9.17, 15) is 14.3 Å². The Balaban J connectivity index is 4.18. The van der Waals surface area contributed by atoms with Crippen molar-refractivity contribution in [1.82, 2.24) is 0 Å².